The van der Waals surface area contributed by atoms with E-state index in [0.717, 1.165) is 32.4 Å². The van der Waals surface area contributed by atoms with Gasteiger partial charge in [0.2, 0.25) is 10.0 Å². The minimum Gasteiger partial charge on any atom is -0.390 e. The summed E-state index contributed by atoms with van der Waals surface area (Å²) in [6.07, 6.45) is 4.56. The molecule has 1 aliphatic heterocycles. The van der Waals surface area contributed by atoms with E-state index >= 15 is 0 Å². The number of nitrogens with zero attached hydrogens (tertiary/aromatic N) is 1. The molecule has 1 aliphatic rings. The number of aromatic nitrogens is 1. The molecule has 0 spiro atoms. The Hall–Kier alpha value is -0.890. The van der Waals surface area contributed by atoms with Crippen molar-refractivity contribution in [2.45, 2.75) is 30.8 Å². The molecule has 0 aromatic carbocycles. The molecule has 0 bridgehead atoms. The van der Waals surface area contributed by atoms with Crippen LogP contribution in [0.15, 0.2) is 17.2 Å². The molecule has 7 heteroatoms. The van der Waals surface area contributed by atoms with Crippen LogP contribution in [0, 0.1) is 5.92 Å². The van der Waals surface area contributed by atoms with Gasteiger partial charge in [-0.1, -0.05) is 0 Å². The molecule has 3 N–H and O–H groups in total. The number of hydrogen-bond acceptors (Lipinski definition) is 4. The van der Waals surface area contributed by atoms with E-state index in [-0.39, 0.29) is 11.5 Å². The van der Waals surface area contributed by atoms with E-state index in [9.17, 15) is 8.42 Å². The molecular weight excluding hydrogens is 278 g/mol. The fourth-order valence-electron chi connectivity index (χ4n) is 2.50. The summed E-state index contributed by atoms with van der Waals surface area (Å²) in [6.45, 7) is 2.46. The number of likely N-dealkylation sites (tertiary alicyclic amines) is 1. The van der Waals surface area contributed by atoms with Gasteiger partial charge in [-0.15, -0.1) is 0 Å². The van der Waals surface area contributed by atoms with Crippen LogP contribution in [0.25, 0.3) is 0 Å². The number of aromatic amines is 1. The Morgan fingerprint density at radius 3 is 2.75 bits per heavy atom. The maximum atomic E-state index is 12.0. The second kappa shape index (κ2) is 6.71. The Kier molecular flexibility index (Phi) is 5.20. The number of aliphatic hydroxyl groups is 1. The van der Waals surface area contributed by atoms with Crippen LogP contribution in [0.1, 0.15) is 25.0 Å². The topological polar surface area (TPSA) is 85.4 Å². The SMILES string of the molecule is CN1CCC(CCNS(=O)(=O)c2c[nH]c(CO)c2)CC1. The first-order valence-electron chi connectivity index (χ1n) is 6.97. The highest BCUT2D eigenvalue weighted by Gasteiger charge is 2.19. The highest BCUT2D eigenvalue weighted by atomic mass is 32.2. The Bertz CT molecular complexity index is 519. The summed E-state index contributed by atoms with van der Waals surface area (Å²) >= 11 is 0. The molecule has 1 fully saturated rings. The fraction of sp³-hybridized carbons (Fsp3) is 0.692. The standard InChI is InChI=1S/C13H23N3O3S/c1-16-6-3-11(4-7-16)2-5-15-20(18,19)13-8-12(10-17)14-9-13/h8-9,11,14-15,17H,2-7,10H2,1H3. The van der Waals surface area contributed by atoms with Gasteiger partial charge in [-0.05, 0) is 51.4 Å². The van der Waals surface area contributed by atoms with Crippen molar-refractivity contribution in [2.75, 3.05) is 26.7 Å². The molecule has 2 rings (SSSR count). The lowest BCUT2D eigenvalue weighted by atomic mass is 9.94. The first-order valence-corrected chi connectivity index (χ1v) is 8.46. The zero-order chi connectivity index (χ0) is 14.6. The number of aliphatic hydroxyl groups excluding tert-OH is 1. The van der Waals surface area contributed by atoms with Crippen molar-refractivity contribution in [1.29, 1.82) is 0 Å². The van der Waals surface area contributed by atoms with Crippen LogP contribution in [0.2, 0.25) is 0 Å². The number of sulfonamides is 1. The zero-order valence-corrected chi connectivity index (χ0v) is 12.6. The molecule has 1 saturated heterocycles. The van der Waals surface area contributed by atoms with Crippen LogP contribution in [-0.2, 0) is 16.6 Å². The van der Waals surface area contributed by atoms with Crippen molar-refractivity contribution >= 4 is 10.0 Å². The van der Waals surface area contributed by atoms with Crippen LogP contribution < -0.4 is 4.72 Å². The Balaban J connectivity index is 1.80. The predicted molar refractivity (Wildman–Crippen MR) is 76.7 cm³/mol. The summed E-state index contributed by atoms with van der Waals surface area (Å²) in [4.78, 5) is 5.22. The number of piperidine rings is 1. The lowest BCUT2D eigenvalue weighted by Gasteiger charge is -2.28. The molecule has 0 unspecified atom stereocenters. The summed E-state index contributed by atoms with van der Waals surface area (Å²) in [7, 11) is -1.35. The minimum absolute atomic E-state index is 0.185. The Morgan fingerprint density at radius 1 is 1.45 bits per heavy atom. The van der Waals surface area contributed by atoms with Gasteiger partial charge in [0.05, 0.1) is 11.5 Å². The van der Waals surface area contributed by atoms with Gasteiger partial charge in [-0.3, -0.25) is 0 Å². The maximum absolute atomic E-state index is 12.0. The molecule has 0 amide bonds. The third-order valence-electron chi connectivity index (χ3n) is 3.88. The van der Waals surface area contributed by atoms with E-state index in [4.69, 9.17) is 5.11 Å². The summed E-state index contributed by atoms with van der Waals surface area (Å²) in [6, 6.07) is 1.46. The van der Waals surface area contributed by atoms with Crippen LogP contribution in [0.5, 0.6) is 0 Å². The first kappa shape index (κ1) is 15.5. The van der Waals surface area contributed by atoms with Crippen LogP contribution in [-0.4, -0.2) is 50.1 Å². The smallest absolute Gasteiger partial charge is 0.242 e. The molecule has 0 saturated carbocycles. The summed E-state index contributed by atoms with van der Waals surface area (Å²) in [5, 5.41) is 8.93. The van der Waals surface area contributed by atoms with Crippen molar-refractivity contribution in [3.63, 3.8) is 0 Å². The van der Waals surface area contributed by atoms with Gasteiger partial charge in [0.1, 0.15) is 0 Å². The highest BCUT2D eigenvalue weighted by molar-refractivity contribution is 7.89. The van der Waals surface area contributed by atoms with E-state index in [2.05, 4.69) is 21.7 Å². The molecule has 2 heterocycles. The number of H-pyrrole nitrogens is 1. The van der Waals surface area contributed by atoms with Gasteiger partial charge in [-0.25, -0.2) is 13.1 Å². The normalized spacial score (nSPS) is 18.5. The summed E-state index contributed by atoms with van der Waals surface area (Å²) in [5.74, 6) is 0.605. The molecule has 0 radical (unpaired) electrons. The first-order chi connectivity index (χ1) is 9.51. The fourth-order valence-corrected chi connectivity index (χ4v) is 3.56. The van der Waals surface area contributed by atoms with Crippen molar-refractivity contribution in [3.8, 4) is 0 Å². The number of rotatable bonds is 6. The quantitative estimate of drug-likeness (QED) is 0.715. The second-order valence-corrected chi connectivity index (χ2v) is 7.22. The second-order valence-electron chi connectivity index (χ2n) is 5.45. The van der Waals surface area contributed by atoms with Crippen molar-refractivity contribution in [3.05, 3.63) is 18.0 Å². The summed E-state index contributed by atoms with van der Waals surface area (Å²) in [5.41, 5.74) is 0.501. The summed E-state index contributed by atoms with van der Waals surface area (Å²) < 4.78 is 26.7. The maximum Gasteiger partial charge on any atom is 0.242 e. The van der Waals surface area contributed by atoms with Gasteiger partial charge in [0.15, 0.2) is 0 Å². The molecule has 0 aliphatic carbocycles. The van der Waals surface area contributed by atoms with Gasteiger partial charge in [0, 0.05) is 18.4 Å². The van der Waals surface area contributed by atoms with Crippen molar-refractivity contribution in [1.82, 2.24) is 14.6 Å². The Morgan fingerprint density at radius 2 is 2.15 bits per heavy atom. The van der Waals surface area contributed by atoms with Crippen molar-refractivity contribution < 1.29 is 13.5 Å². The third kappa shape index (κ3) is 4.05. The number of hydrogen-bond donors (Lipinski definition) is 3. The lowest BCUT2D eigenvalue weighted by Crippen LogP contribution is -2.32. The van der Waals surface area contributed by atoms with Crippen molar-refractivity contribution in [2.24, 2.45) is 5.92 Å². The third-order valence-corrected chi connectivity index (χ3v) is 5.32. The molecular formula is C13H23N3O3S. The predicted octanol–water partition coefficient (Wildman–Crippen LogP) is 0.517. The van der Waals surface area contributed by atoms with E-state index in [0.29, 0.717) is 18.2 Å². The van der Waals surface area contributed by atoms with E-state index in [1.165, 1.54) is 12.3 Å². The molecule has 1 aromatic rings. The molecule has 20 heavy (non-hydrogen) atoms. The van der Waals surface area contributed by atoms with Crippen LogP contribution >= 0.6 is 0 Å². The average molecular weight is 301 g/mol. The molecule has 1 aromatic heterocycles. The lowest BCUT2D eigenvalue weighted by molar-refractivity contribution is 0.213. The van der Waals surface area contributed by atoms with Gasteiger partial charge in [0.25, 0.3) is 0 Å². The van der Waals surface area contributed by atoms with Crippen LogP contribution in [0.3, 0.4) is 0 Å². The average Bonchev–Trinajstić information content (AvgIpc) is 2.90. The van der Waals surface area contributed by atoms with Gasteiger partial charge in [-0.2, -0.15) is 0 Å². The van der Waals surface area contributed by atoms with E-state index in [1.807, 2.05) is 0 Å². The van der Waals surface area contributed by atoms with E-state index in [1.54, 1.807) is 0 Å². The molecule has 114 valence electrons. The van der Waals surface area contributed by atoms with Gasteiger partial charge >= 0.3 is 0 Å². The zero-order valence-electron chi connectivity index (χ0n) is 11.8. The van der Waals surface area contributed by atoms with Gasteiger partial charge < -0.3 is 15.0 Å². The molecule has 0 atom stereocenters. The minimum atomic E-state index is -3.46. The highest BCUT2D eigenvalue weighted by Crippen LogP contribution is 2.19. The Labute approximate surface area is 120 Å². The monoisotopic (exact) mass is 301 g/mol. The van der Waals surface area contributed by atoms with Crippen LogP contribution in [0.4, 0.5) is 0 Å². The largest absolute Gasteiger partial charge is 0.390 e. The number of nitrogens with one attached hydrogen (secondary N) is 2. The van der Waals surface area contributed by atoms with E-state index < -0.39 is 10.0 Å². The molecule has 6 nitrogen and oxygen atoms in total.